The van der Waals surface area contributed by atoms with Crippen LogP contribution >= 0.6 is 0 Å². The third kappa shape index (κ3) is 18.2. The van der Waals surface area contributed by atoms with E-state index in [4.69, 9.17) is 5.73 Å². The minimum atomic E-state index is 0.267. The maximum atomic E-state index is 5.53. The zero-order chi connectivity index (χ0) is 15.0. The number of hydrazine groups is 1. The van der Waals surface area contributed by atoms with Crippen LogP contribution in [0.25, 0.3) is 0 Å². The third-order valence-electron chi connectivity index (χ3n) is 2.22. The van der Waals surface area contributed by atoms with Gasteiger partial charge in [0.1, 0.15) is 0 Å². The summed E-state index contributed by atoms with van der Waals surface area (Å²) in [5, 5.41) is 1.98. The first kappa shape index (κ1) is 20.2. The van der Waals surface area contributed by atoms with E-state index in [1.807, 2.05) is 19.1 Å². The first-order valence-corrected chi connectivity index (χ1v) is 6.65. The van der Waals surface area contributed by atoms with Gasteiger partial charge in [-0.1, -0.05) is 34.6 Å². The fourth-order valence-electron chi connectivity index (χ4n) is 1.32. The van der Waals surface area contributed by atoms with Crippen molar-refractivity contribution < 1.29 is 0 Å². The molecule has 0 rings (SSSR count). The van der Waals surface area contributed by atoms with Crippen LogP contribution in [0.2, 0.25) is 0 Å². The molecule has 0 atom stereocenters. The Morgan fingerprint density at radius 3 is 1.50 bits per heavy atom. The molecule has 0 aliphatic heterocycles. The standard InChI is InChI=1S/2C7H18N2/c1-7(2,5-8)6-9(3)4;1-7(2,3)6-8-9(4)5/h5-6,8H2,1-4H3;8H,6H2,1-5H3. The van der Waals surface area contributed by atoms with E-state index in [0.717, 1.165) is 19.6 Å². The van der Waals surface area contributed by atoms with Crippen LogP contribution in [0.15, 0.2) is 0 Å². The van der Waals surface area contributed by atoms with Crippen molar-refractivity contribution in [1.82, 2.24) is 15.3 Å². The van der Waals surface area contributed by atoms with Gasteiger partial charge in [-0.25, -0.2) is 0 Å². The summed E-state index contributed by atoms with van der Waals surface area (Å²) in [5.41, 5.74) is 9.39. The molecule has 4 heteroatoms. The number of rotatable bonds is 5. The maximum absolute atomic E-state index is 5.53. The maximum Gasteiger partial charge on any atom is 0.0151 e. The van der Waals surface area contributed by atoms with Crippen LogP contribution in [-0.4, -0.2) is 57.7 Å². The number of nitrogens with one attached hydrogen (secondary N) is 1. The van der Waals surface area contributed by atoms with Crippen LogP contribution in [0, 0.1) is 10.8 Å². The van der Waals surface area contributed by atoms with E-state index in [1.54, 1.807) is 0 Å². The van der Waals surface area contributed by atoms with Gasteiger partial charge in [0, 0.05) is 27.2 Å². The van der Waals surface area contributed by atoms with Gasteiger partial charge in [0.2, 0.25) is 0 Å². The fourth-order valence-corrected chi connectivity index (χ4v) is 1.32. The summed E-state index contributed by atoms with van der Waals surface area (Å²) < 4.78 is 0. The molecule has 0 radical (unpaired) electrons. The van der Waals surface area contributed by atoms with Gasteiger partial charge in [0.25, 0.3) is 0 Å². The summed E-state index contributed by atoms with van der Waals surface area (Å²) in [6.45, 7) is 13.8. The third-order valence-corrected chi connectivity index (χ3v) is 2.22. The topological polar surface area (TPSA) is 44.5 Å². The van der Waals surface area contributed by atoms with Crippen molar-refractivity contribution in [3.8, 4) is 0 Å². The smallest absolute Gasteiger partial charge is 0.0151 e. The summed E-state index contributed by atoms with van der Waals surface area (Å²) in [7, 11) is 8.15. The number of nitrogens with zero attached hydrogens (tertiary/aromatic N) is 2. The van der Waals surface area contributed by atoms with Gasteiger partial charge in [-0.3, -0.25) is 10.4 Å². The van der Waals surface area contributed by atoms with Crippen molar-refractivity contribution in [1.29, 1.82) is 0 Å². The molecule has 18 heavy (non-hydrogen) atoms. The van der Waals surface area contributed by atoms with Crippen molar-refractivity contribution in [2.75, 3.05) is 47.8 Å². The lowest BCUT2D eigenvalue weighted by atomic mass is 9.93. The zero-order valence-corrected chi connectivity index (χ0v) is 14.1. The van der Waals surface area contributed by atoms with Gasteiger partial charge in [0.15, 0.2) is 0 Å². The molecular formula is C14H36N4. The lowest BCUT2D eigenvalue weighted by Gasteiger charge is -2.26. The Hall–Kier alpha value is -0.160. The zero-order valence-electron chi connectivity index (χ0n) is 14.1. The first-order chi connectivity index (χ1) is 7.89. The van der Waals surface area contributed by atoms with Crippen LogP contribution in [0.1, 0.15) is 34.6 Å². The van der Waals surface area contributed by atoms with Crippen molar-refractivity contribution in [3.63, 3.8) is 0 Å². The van der Waals surface area contributed by atoms with Gasteiger partial charge in [-0.2, -0.15) is 0 Å². The van der Waals surface area contributed by atoms with Gasteiger partial charge < -0.3 is 10.6 Å². The van der Waals surface area contributed by atoms with E-state index in [-0.39, 0.29) is 5.41 Å². The molecule has 0 aliphatic carbocycles. The van der Waals surface area contributed by atoms with Crippen molar-refractivity contribution >= 4 is 0 Å². The Balaban J connectivity index is 0. The molecule has 0 unspecified atom stereocenters. The van der Waals surface area contributed by atoms with Crippen LogP contribution in [0.5, 0.6) is 0 Å². The molecule has 0 spiro atoms. The molecule has 4 nitrogen and oxygen atoms in total. The molecule has 0 aromatic carbocycles. The molecule has 112 valence electrons. The van der Waals surface area contributed by atoms with E-state index in [1.165, 1.54) is 0 Å². The van der Waals surface area contributed by atoms with E-state index < -0.39 is 0 Å². The SMILES string of the molecule is CN(C)CC(C)(C)CN.CN(C)NCC(C)(C)C. The van der Waals surface area contributed by atoms with Gasteiger partial charge >= 0.3 is 0 Å². The fraction of sp³-hybridized carbons (Fsp3) is 1.00. The minimum absolute atomic E-state index is 0.267. The lowest BCUT2D eigenvalue weighted by molar-refractivity contribution is 0.231. The van der Waals surface area contributed by atoms with Crippen LogP contribution < -0.4 is 11.2 Å². The quantitative estimate of drug-likeness (QED) is 0.738. The molecule has 0 fully saturated rings. The molecular weight excluding hydrogens is 224 g/mol. The minimum Gasteiger partial charge on any atom is -0.330 e. The Kier molecular flexibility index (Phi) is 9.92. The highest BCUT2D eigenvalue weighted by Crippen LogP contribution is 2.12. The van der Waals surface area contributed by atoms with E-state index in [9.17, 15) is 0 Å². The van der Waals surface area contributed by atoms with Crippen LogP contribution in [-0.2, 0) is 0 Å². The van der Waals surface area contributed by atoms with Crippen molar-refractivity contribution in [2.45, 2.75) is 34.6 Å². The Morgan fingerprint density at radius 1 is 0.944 bits per heavy atom. The summed E-state index contributed by atoms with van der Waals surface area (Å²) in [5.74, 6) is 0. The molecule has 0 amide bonds. The second-order valence-electron chi connectivity index (χ2n) is 7.40. The second-order valence-corrected chi connectivity index (χ2v) is 7.40. The average Bonchev–Trinajstić information content (AvgIpc) is 2.13. The summed E-state index contributed by atoms with van der Waals surface area (Å²) in [4.78, 5) is 2.16. The van der Waals surface area contributed by atoms with Crippen molar-refractivity contribution in [3.05, 3.63) is 0 Å². The van der Waals surface area contributed by atoms with Crippen LogP contribution in [0.4, 0.5) is 0 Å². The predicted octanol–water partition coefficient (Wildman–Crippen LogP) is 1.63. The largest absolute Gasteiger partial charge is 0.330 e. The molecule has 3 N–H and O–H groups in total. The van der Waals surface area contributed by atoms with Crippen LogP contribution in [0.3, 0.4) is 0 Å². The van der Waals surface area contributed by atoms with Crippen molar-refractivity contribution in [2.24, 2.45) is 16.6 Å². The van der Waals surface area contributed by atoms with Gasteiger partial charge in [0.05, 0.1) is 0 Å². The highest BCUT2D eigenvalue weighted by molar-refractivity contribution is 4.71. The number of nitrogens with two attached hydrogens (primary N) is 1. The lowest BCUT2D eigenvalue weighted by Crippen LogP contribution is -2.36. The average molecular weight is 260 g/mol. The number of hydrogen-bond acceptors (Lipinski definition) is 4. The molecule has 0 saturated carbocycles. The van der Waals surface area contributed by atoms with Gasteiger partial charge in [-0.05, 0) is 31.5 Å². The molecule has 0 aliphatic rings. The molecule has 0 heterocycles. The molecule has 0 bridgehead atoms. The molecule has 0 aromatic heterocycles. The highest BCUT2D eigenvalue weighted by atomic mass is 15.5. The highest BCUT2D eigenvalue weighted by Gasteiger charge is 2.15. The van der Waals surface area contributed by atoms with E-state index in [0.29, 0.717) is 5.41 Å². The Morgan fingerprint density at radius 2 is 1.39 bits per heavy atom. The Labute approximate surface area is 115 Å². The normalized spacial score (nSPS) is 12.7. The van der Waals surface area contributed by atoms with E-state index >= 15 is 0 Å². The summed E-state index contributed by atoms with van der Waals surface area (Å²) >= 11 is 0. The summed E-state index contributed by atoms with van der Waals surface area (Å²) in [6.07, 6.45) is 0. The second kappa shape index (κ2) is 8.86. The van der Waals surface area contributed by atoms with Gasteiger partial charge in [-0.15, -0.1) is 0 Å². The van der Waals surface area contributed by atoms with E-state index in [2.05, 4.69) is 59.0 Å². The summed E-state index contributed by atoms with van der Waals surface area (Å²) in [6, 6.07) is 0. The molecule has 0 saturated heterocycles. The monoisotopic (exact) mass is 260 g/mol. The Bertz CT molecular complexity index is 192. The first-order valence-electron chi connectivity index (χ1n) is 6.65. The number of hydrogen-bond donors (Lipinski definition) is 2. The predicted molar refractivity (Wildman–Crippen MR) is 82.5 cm³/mol. The molecule has 0 aromatic rings.